The molecular weight excluding hydrogens is 236 g/mol. The molecule has 1 rings (SSSR count). The Bertz CT molecular complexity index is 212. The summed E-state index contributed by atoms with van der Waals surface area (Å²) in [4.78, 5) is 2.47. The van der Waals surface area contributed by atoms with E-state index in [1.165, 1.54) is 0 Å². The van der Waals surface area contributed by atoms with E-state index in [1.807, 2.05) is 0 Å². The molecule has 0 amide bonds. The molecule has 0 bridgehead atoms. The smallest absolute Gasteiger partial charge is 0.0826 e. The molecule has 1 saturated heterocycles. The van der Waals surface area contributed by atoms with Crippen molar-refractivity contribution in [3.05, 3.63) is 0 Å². The first-order valence-electron chi connectivity index (χ1n) is 6.69. The van der Waals surface area contributed by atoms with E-state index in [0.717, 1.165) is 26.2 Å². The van der Waals surface area contributed by atoms with Gasteiger partial charge in [-0.25, -0.2) is 0 Å². The Morgan fingerprint density at radius 2 is 2.06 bits per heavy atom. The Kier molecular flexibility index (Phi) is 6.78. The van der Waals surface area contributed by atoms with Crippen LogP contribution in [-0.4, -0.2) is 55.2 Å². The Labute approximate surface area is 111 Å². The number of rotatable bonds is 6. The van der Waals surface area contributed by atoms with Crippen LogP contribution in [0, 0.1) is 5.92 Å². The number of hydrogen-bond donors (Lipinski definition) is 1. The molecule has 0 aromatic heterocycles. The number of nitrogens with zero attached hydrogens (tertiary/aromatic N) is 1. The molecule has 1 fully saturated rings. The second kappa shape index (κ2) is 7.57. The van der Waals surface area contributed by atoms with Crippen LogP contribution in [0.1, 0.15) is 27.7 Å². The highest BCUT2D eigenvalue weighted by Crippen LogP contribution is 2.09. The van der Waals surface area contributed by atoms with Gasteiger partial charge in [-0.1, -0.05) is 13.8 Å². The number of halogens is 1. The van der Waals surface area contributed by atoms with Crippen molar-refractivity contribution in [3.8, 4) is 0 Å². The first kappa shape index (κ1) is 15.2. The minimum atomic E-state index is 0.301. The maximum Gasteiger partial charge on any atom is 0.0826 e. The summed E-state index contributed by atoms with van der Waals surface area (Å²) in [5, 5.41) is 3.51. The molecule has 0 radical (unpaired) electrons. The minimum Gasteiger partial charge on any atom is -0.374 e. The van der Waals surface area contributed by atoms with Crippen molar-refractivity contribution in [2.75, 3.05) is 32.1 Å². The lowest BCUT2D eigenvalue weighted by atomic mass is 10.1. The van der Waals surface area contributed by atoms with Gasteiger partial charge in [0.1, 0.15) is 0 Å². The second-order valence-electron chi connectivity index (χ2n) is 5.49. The van der Waals surface area contributed by atoms with E-state index in [9.17, 15) is 0 Å². The van der Waals surface area contributed by atoms with Crippen LogP contribution in [0.4, 0.5) is 0 Å². The highest BCUT2D eigenvalue weighted by Gasteiger charge is 2.23. The number of alkyl halides is 1. The third-order valence-electron chi connectivity index (χ3n) is 3.48. The molecule has 1 N–H and O–H groups in total. The molecule has 0 spiro atoms. The predicted molar refractivity (Wildman–Crippen MR) is 73.8 cm³/mol. The van der Waals surface area contributed by atoms with Crippen molar-refractivity contribution in [3.63, 3.8) is 0 Å². The summed E-state index contributed by atoms with van der Waals surface area (Å²) in [5.74, 6) is 1.23. The Balaban J connectivity index is 2.31. The van der Waals surface area contributed by atoms with Gasteiger partial charge < -0.3 is 10.1 Å². The molecule has 0 aliphatic carbocycles. The lowest BCUT2D eigenvalue weighted by molar-refractivity contribution is -0.0383. The average Bonchev–Trinajstić information content (AvgIpc) is 2.29. The van der Waals surface area contributed by atoms with Crippen LogP contribution in [0.5, 0.6) is 0 Å². The van der Waals surface area contributed by atoms with Gasteiger partial charge >= 0.3 is 0 Å². The van der Waals surface area contributed by atoms with Gasteiger partial charge in [0.15, 0.2) is 0 Å². The Hall–Kier alpha value is 0.170. The molecule has 102 valence electrons. The Morgan fingerprint density at radius 3 is 2.59 bits per heavy atom. The molecule has 2 atom stereocenters. The lowest BCUT2D eigenvalue weighted by Crippen LogP contribution is -2.51. The maximum absolute atomic E-state index is 5.95. The quantitative estimate of drug-likeness (QED) is 0.741. The van der Waals surface area contributed by atoms with Crippen LogP contribution < -0.4 is 5.32 Å². The molecule has 17 heavy (non-hydrogen) atoms. The summed E-state index contributed by atoms with van der Waals surface area (Å²) >= 11 is 5.95. The predicted octanol–water partition coefficient (Wildman–Crippen LogP) is 1.95. The van der Waals surface area contributed by atoms with E-state index >= 15 is 0 Å². The van der Waals surface area contributed by atoms with Crippen LogP contribution in [0.2, 0.25) is 0 Å². The number of morpholine rings is 1. The molecule has 0 aromatic carbocycles. The van der Waals surface area contributed by atoms with Gasteiger partial charge in [0.25, 0.3) is 0 Å². The Morgan fingerprint density at radius 1 is 1.35 bits per heavy atom. The van der Waals surface area contributed by atoms with E-state index in [4.69, 9.17) is 16.3 Å². The second-order valence-corrected chi connectivity index (χ2v) is 5.80. The van der Waals surface area contributed by atoms with Gasteiger partial charge in [0.2, 0.25) is 0 Å². The zero-order valence-electron chi connectivity index (χ0n) is 11.6. The van der Waals surface area contributed by atoms with E-state index < -0.39 is 0 Å². The van der Waals surface area contributed by atoms with Crippen molar-refractivity contribution < 1.29 is 4.74 Å². The summed E-state index contributed by atoms with van der Waals surface area (Å²) in [6, 6.07) is 0.991. The van der Waals surface area contributed by atoms with Crippen LogP contribution in [0.15, 0.2) is 0 Å². The largest absolute Gasteiger partial charge is 0.374 e. The standard InChI is InChI=1S/C13H27ClN2O/c1-10(2)13(7-14)15-8-12-9-16(11(3)4)5-6-17-12/h10-13,15H,5-9H2,1-4H3. The molecule has 1 aliphatic rings. The zero-order chi connectivity index (χ0) is 12.8. The zero-order valence-corrected chi connectivity index (χ0v) is 12.3. The van der Waals surface area contributed by atoms with Crippen molar-refractivity contribution in [1.29, 1.82) is 0 Å². The summed E-state index contributed by atoms with van der Waals surface area (Å²) in [7, 11) is 0. The first-order valence-corrected chi connectivity index (χ1v) is 7.23. The van der Waals surface area contributed by atoms with E-state index in [1.54, 1.807) is 0 Å². The summed E-state index contributed by atoms with van der Waals surface area (Å²) in [6.45, 7) is 12.7. The van der Waals surface area contributed by atoms with E-state index in [-0.39, 0.29) is 0 Å². The van der Waals surface area contributed by atoms with Crippen LogP contribution >= 0.6 is 11.6 Å². The molecule has 3 nitrogen and oxygen atoms in total. The summed E-state index contributed by atoms with van der Waals surface area (Å²) in [5.41, 5.74) is 0. The highest BCUT2D eigenvalue weighted by atomic mass is 35.5. The third kappa shape index (κ3) is 5.12. The average molecular weight is 263 g/mol. The van der Waals surface area contributed by atoms with Crippen LogP contribution in [-0.2, 0) is 4.74 Å². The van der Waals surface area contributed by atoms with Crippen molar-refractivity contribution in [2.45, 2.75) is 45.9 Å². The van der Waals surface area contributed by atoms with Gasteiger partial charge in [0, 0.05) is 37.6 Å². The summed E-state index contributed by atoms with van der Waals surface area (Å²) < 4.78 is 5.79. The summed E-state index contributed by atoms with van der Waals surface area (Å²) in [6.07, 6.45) is 0.301. The third-order valence-corrected chi connectivity index (χ3v) is 3.81. The molecular formula is C13H27ClN2O. The number of ether oxygens (including phenoxy) is 1. The van der Waals surface area contributed by atoms with Gasteiger partial charge in [-0.3, -0.25) is 4.90 Å². The fourth-order valence-electron chi connectivity index (χ4n) is 2.09. The monoisotopic (exact) mass is 262 g/mol. The van der Waals surface area contributed by atoms with E-state index in [0.29, 0.717) is 30.0 Å². The van der Waals surface area contributed by atoms with Crippen molar-refractivity contribution in [1.82, 2.24) is 10.2 Å². The van der Waals surface area contributed by atoms with Gasteiger partial charge in [0.05, 0.1) is 12.7 Å². The molecule has 4 heteroatoms. The van der Waals surface area contributed by atoms with Crippen LogP contribution in [0.3, 0.4) is 0 Å². The van der Waals surface area contributed by atoms with Crippen molar-refractivity contribution in [2.24, 2.45) is 5.92 Å². The first-order chi connectivity index (χ1) is 8.04. The van der Waals surface area contributed by atoms with Gasteiger partial charge in [-0.05, 0) is 19.8 Å². The van der Waals surface area contributed by atoms with E-state index in [2.05, 4.69) is 37.9 Å². The molecule has 2 unspecified atom stereocenters. The molecule has 1 heterocycles. The molecule has 1 aliphatic heterocycles. The SMILES string of the molecule is CC(C)C(CCl)NCC1CN(C(C)C)CCO1. The highest BCUT2D eigenvalue weighted by molar-refractivity contribution is 6.18. The van der Waals surface area contributed by atoms with Crippen molar-refractivity contribution >= 4 is 11.6 Å². The molecule has 0 saturated carbocycles. The minimum absolute atomic E-state index is 0.301. The fourth-order valence-corrected chi connectivity index (χ4v) is 2.55. The fraction of sp³-hybridized carbons (Fsp3) is 1.00. The number of hydrogen-bond acceptors (Lipinski definition) is 3. The lowest BCUT2D eigenvalue weighted by Gasteiger charge is -2.36. The normalized spacial score (nSPS) is 24.5. The van der Waals surface area contributed by atoms with Crippen LogP contribution in [0.25, 0.3) is 0 Å². The topological polar surface area (TPSA) is 24.5 Å². The molecule has 0 aromatic rings. The maximum atomic E-state index is 5.95. The number of nitrogens with one attached hydrogen (secondary N) is 1. The van der Waals surface area contributed by atoms with Gasteiger partial charge in [-0.15, -0.1) is 11.6 Å². The van der Waals surface area contributed by atoms with Gasteiger partial charge in [-0.2, -0.15) is 0 Å².